The Morgan fingerprint density at radius 2 is 2.08 bits per heavy atom. The summed E-state index contributed by atoms with van der Waals surface area (Å²) < 4.78 is 13.1. The van der Waals surface area contributed by atoms with E-state index >= 15 is 0 Å². The molecule has 0 saturated carbocycles. The number of aliphatic hydroxyl groups excluding tert-OH is 1. The Hall–Kier alpha value is -2.24. The molecule has 0 aromatic heterocycles. The number of nitrogens with zero attached hydrogens (tertiary/aromatic N) is 1. The van der Waals surface area contributed by atoms with Crippen molar-refractivity contribution in [2.24, 2.45) is 0 Å². The summed E-state index contributed by atoms with van der Waals surface area (Å²) in [6, 6.07) is 13.9. The van der Waals surface area contributed by atoms with Crippen molar-refractivity contribution in [2.75, 3.05) is 25.0 Å². The maximum absolute atomic E-state index is 13.1. The molecule has 2 aromatic rings. The van der Waals surface area contributed by atoms with E-state index in [2.05, 4.69) is 16.3 Å². The lowest BCUT2D eigenvalue weighted by Gasteiger charge is -2.36. The van der Waals surface area contributed by atoms with Crippen LogP contribution in [0.25, 0.3) is 0 Å². The molecule has 0 bridgehead atoms. The highest BCUT2D eigenvalue weighted by Crippen LogP contribution is 2.29. The van der Waals surface area contributed by atoms with Gasteiger partial charge in [0.15, 0.2) is 0 Å². The van der Waals surface area contributed by atoms with Crippen LogP contribution in [0.3, 0.4) is 0 Å². The predicted molar refractivity (Wildman–Crippen MR) is 91.2 cm³/mol. The molecule has 2 N–H and O–H groups in total. The summed E-state index contributed by atoms with van der Waals surface area (Å²) >= 11 is 0. The molecule has 5 heteroatoms. The van der Waals surface area contributed by atoms with Crippen LogP contribution in [0.1, 0.15) is 23.6 Å². The molecule has 1 heterocycles. The number of amides is 1. The number of carbonyl (C=O) groups is 1. The average molecular weight is 328 g/mol. The minimum Gasteiger partial charge on any atom is -0.394 e. The summed E-state index contributed by atoms with van der Waals surface area (Å²) in [7, 11) is 0. The number of halogens is 1. The Labute approximate surface area is 140 Å². The molecule has 1 aliphatic heterocycles. The lowest BCUT2D eigenvalue weighted by atomic mass is 9.93. The largest absolute Gasteiger partial charge is 0.394 e. The van der Waals surface area contributed by atoms with Crippen molar-refractivity contribution >= 4 is 11.6 Å². The van der Waals surface area contributed by atoms with Crippen molar-refractivity contribution in [2.45, 2.75) is 18.9 Å². The first-order valence-electron chi connectivity index (χ1n) is 8.15. The maximum Gasteiger partial charge on any atom is 0.225 e. The summed E-state index contributed by atoms with van der Waals surface area (Å²) in [6.45, 7) is 1.40. The fourth-order valence-electron chi connectivity index (χ4n) is 3.22. The molecule has 24 heavy (non-hydrogen) atoms. The molecule has 1 amide bonds. The first-order chi connectivity index (χ1) is 11.7. The molecule has 126 valence electrons. The zero-order chi connectivity index (χ0) is 16.9. The van der Waals surface area contributed by atoms with Gasteiger partial charge in [-0.2, -0.15) is 0 Å². The predicted octanol–water partition coefficient (Wildman–Crippen LogP) is 2.75. The van der Waals surface area contributed by atoms with Crippen LogP contribution < -0.4 is 5.32 Å². The first-order valence-corrected chi connectivity index (χ1v) is 8.15. The SMILES string of the molecule is O=C(CCN1CCc2ccccc2C1CO)Nc1cccc(F)c1. The number of carbonyl (C=O) groups excluding carboxylic acids is 1. The standard InChI is InChI=1S/C19H21FN2O2/c20-15-5-3-6-16(12-15)21-19(24)9-11-22-10-8-14-4-1-2-7-17(14)18(22)13-23/h1-7,12,18,23H,8-11,13H2,(H,21,24). The van der Waals surface area contributed by atoms with Gasteiger partial charge in [0.25, 0.3) is 0 Å². The molecule has 0 spiro atoms. The van der Waals surface area contributed by atoms with Crippen molar-refractivity contribution in [3.8, 4) is 0 Å². The van der Waals surface area contributed by atoms with E-state index < -0.39 is 0 Å². The number of anilines is 1. The second-order valence-corrected chi connectivity index (χ2v) is 5.99. The van der Waals surface area contributed by atoms with Crippen molar-refractivity contribution < 1.29 is 14.3 Å². The summed E-state index contributed by atoms with van der Waals surface area (Å²) in [5, 5.41) is 12.5. The van der Waals surface area contributed by atoms with Crippen molar-refractivity contribution in [3.63, 3.8) is 0 Å². The Balaban J connectivity index is 1.59. The van der Waals surface area contributed by atoms with E-state index in [4.69, 9.17) is 0 Å². The van der Waals surface area contributed by atoms with Crippen molar-refractivity contribution in [1.82, 2.24) is 4.90 Å². The molecule has 1 aliphatic rings. The number of benzene rings is 2. The second kappa shape index (κ2) is 7.55. The topological polar surface area (TPSA) is 52.6 Å². The molecule has 0 aliphatic carbocycles. The van der Waals surface area contributed by atoms with Crippen LogP contribution >= 0.6 is 0 Å². The van der Waals surface area contributed by atoms with Crippen LogP contribution in [0.15, 0.2) is 48.5 Å². The molecule has 1 atom stereocenters. The third kappa shape index (κ3) is 3.80. The van der Waals surface area contributed by atoms with Gasteiger partial charge in [0.1, 0.15) is 5.82 Å². The van der Waals surface area contributed by atoms with Gasteiger partial charge in [0.2, 0.25) is 5.91 Å². The number of nitrogens with one attached hydrogen (secondary N) is 1. The van der Waals surface area contributed by atoms with Gasteiger partial charge in [0, 0.05) is 25.2 Å². The van der Waals surface area contributed by atoms with Gasteiger partial charge in [-0.05, 0) is 35.7 Å². The van der Waals surface area contributed by atoms with Gasteiger partial charge in [-0.15, -0.1) is 0 Å². The third-order valence-electron chi connectivity index (χ3n) is 4.43. The van der Waals surface area contributed by atoms with Gasteiger partial charge in [-0.1, -0.05) is 30.3 Å². The summed E-state index contributed by atoms with van der Waals surface area (Å²) in [5.41, 5.74) is 2.86. The molecule has 2 aromatic carbocycles. The monoisotopic (exact) mass is 328 g/mol. The summed E-state index contributed by atoms with van der Waals surface area (Å²) in [5.74, 6) is -0.531. The normalized spacial score (nSPS) is 17.3. The number of aliphatic hydroxyl groups is 1. The minimum absolute atomic E-state index is 0.0303. The number of fused-ring (bicyclic) bond motifs is 1. The molecule has 4 nitrogen and oxygen atoms in total. The van der Waals surface area contributed by atoms with Gasteiger partial charge in [-0.3, -0.25) is 9.69 Å². The molecule has 0 fully saturated rings. The van der Waals surface area contributed by atoms with E-state index in [0.717, 1.165) is 18.5 Å². The highest BCUT2D eigenvalue weighted by atomic mass is 19.1. The van der Waals surface area contributed by atoms with Crippen LogP contribution in [0.5, 0.6) is 0 Å². The van der Waals surface area contributed by atoms with Crippen LogP contribution in [-0.4, -0.2) is 35.6 Å². The number of hydrogen-bond acceptors (Lipinski definition) is 3. The average Bonchev–Trinajstić information content (AvgIpc) is 2.59. The summed E-state index contributed by atoms with van der Waals surface area (Å²) in [6.07, 6.45) is 1.22. The van der Waals surface area contributed by atoms with E-state index in [-0.39, 0.29) is 24.4 Å². The first kappa shape index (κ1) is 16.6. The molecule has 0 saturated heterocycles. The van der Waals surface area contributed by atoms with E-state index in [0.29, 0.717) is 18.7 Å². The number of rotatable bonds is 5. The Bertz CT molecular complexity index is 720. The van der Waals surface area contributed by atoms with E-state index in [1.807, 2.05) is 18.2 Å². The minimum atomic E-state index is -0.374. The van der Waals surface area contributed by atoms with Crippen LogP contribution in [0.2, 0.25) is 0 Å². The Morgan fingerprint density at radius 1 is 1.25 bits per heavy atom. The highest BCUT2D eigenvalue weighted by Gasteiger charge is 2.26. The van der Waals surface area contributed by atoms with Crippen LogP contribution in [-0.2, 0) is 11.2 Å². The Morgan fingerprint density at radius 3 is 2.88 bits per heavy atom. The van der Waals surface area contributed by atoms with Gasteiger partial charge >= 0.3 is 0 Å². The Kier molecular flexibility index (Phi) is 5.23. The highest BCUT2D eigenvalue weighted by molar-refractivity contribution is 5.90. The smallest absolute Gasteiger partial charge is 0.225 e. The van der Waals surface area contributed by atoms with Crippen molar-refractivity contribution in [1.29, 1.82) is 0 Å². The third-order valence-corrected chi connectivity index (χ3v) is 4.43. The fourth-order valence-corrected chi connectivity index (χ4v) is 3.22. The fraction of sp³-hybridized carbons (Fsp3) is 0.316. The van der Waals surface area contributed by atoms with Gasteiger partial charge < -0.3 is 10.4 Å². The zero-order valence-corrected chi connectivity index (χ0v) is 13.4. The summed E-state index contributed by atoms with van der Waals surface area (Å²) in [4.78, 5) is 14.2. The number of hydrogen-bond donors (Lipinski definition) is 2. The van der Waals surface area contributed by atoms with E-state index in [1.165, 1.54) is 17.7 Å². The maximum atomic E-state index is 13.1. The lowest BCUT2D eigenvalue weighted by Crippen LogP contribution is -2.39. The van der Waals surface area contributed by atoms with E-state index in [9.17, 15) is 14.3 Å². The second-order valence-electron chi connectivity index (χ2n) is 5.99. The molecule has 1 unspecified atom stereocenters. The van der Waals surface area contributed by atoms with Gasteiger partial charge in [-0.25, -0.2) is 4.39 Å². The lowest BCUT2D eigenvalue weighted by molar-refractivity contribution is -0.116. The zero-order valence-electron chi connectivity index (χ0n) is 13.4. The quantitative estimate of drug-likeness (QED) is 0.887. The molecular formula is C19H21FN2O2. The van der Waals surface area contributed by atoms with E-state index in [1.54, 1.807) is 12.1 Å². The van der Waals surface area contributed by atoms with Gasteiger partial charge in [0.05, 0.1) is 12.6 Å². The molecule has 3 rings (SSSR count). The van der Waals surface area contributed by atoms with Crippen LogP contribution in [0.4, 0.5) is 10.1 Å². The van der Waals surface area contributed by atoms with Crippen molar-refractivity contribution in [3.05, 3.63) is 65.5 Å². The molecule has 0 radical (unpaired) electrons. The van der Waals surface area contributed by atoms with Crippen LogP contribution in [0, 0.1) is 5.82 Å². The molecular weight excluding hydrogens is 307 g/mol.